The molecule has 0 saturated heterocycles. The van der Waals surface area contributed by atoms with Gasteiger partial charge in [0.15, 0.2) is 0 Å². The van der Waals surface area contributed by atoms with Gasteiger partial charge in [0.05, 0.1) is 11.9 Å². The molecule has 0 radical (unpaired) electrons. The second-order valence-corrected chi connectivity index (χ2v) is 4.74. The van der Waals surface area contributed by atoms with Crippen LogP contribution in [-0.2, 0) is 16.1 Å². The van der Waals surface area contributed by atoms with Crippen molar-refractivity contribution in [2.24, 2.45) is 0 Å². The van der Waals surface area contributed by atoms with Crippen LogP contribution < -0.4 is 10.6 Å². The lowest BCUT2D eigenvalue weighted by Gasteiger charge is -2.03. The Morgan fingerprint density at radius 3 is 2.89 bits per heavy atom. The summed E-state index contributed by atoms with van der Waals surface area (Å²) in [7, 11) is 0. The second kappa shape index (κ2) is 5.90. The number of carbonyl (C=O) groups is 2. The van der Waals surface area contributed by atoms with E-state index in [1.807, 2.05) is 0 Å². The van der Waals surface area contributed by atoms with E-state index >= 15 is 0 Å². The van der Waals surface area contributed by atoms with Gasteiger partial charge in [0.25, 0.3) is 0 Å². The summed E-state index contributed by atoms with van der Waals surface area (Å²) in [5.41, 5.74) is 0.598. The molecular weight excluding hydrogens is 252 g/mol. The number of nitrogens with one attached hydrogen (secondary N) is 2. The number of aromatic nitrogens is 2. The molecule has 0 aromatic carbocycles. The Hall–Kier alpha value is -1.50. The number of nitrogens with zero attached hydrogens (tertiary/aromatic N) is 2. The standard InChI is InChI=1S/C11H16N4O2S/c16-10(3-4-18)14-9-5-12-15(6-9)7-11(17)13-8-1-2-8/h5-6,8,18H,1-4,7H2,(H,13,17)(H,14,16). The molecule has 98 valence electrons. The molecule has 1 aromatic rings. The molecule has 2 rings (SSSR count). The maximum atomic E-state index is 11.5. The zero-order chi connectivity index (χ0) is 13.0. The van der Waals surface area contributed by atoms with E-state index in [0.717, 1.165) is 12.8 Å². The van der Waals surface area contributed by atoms with Gasteiger partial charge in [0.1, 0.15) is 6.54 Å². The fourth-order valence-electron chi connectivity index (χ4n) is 1.49. The van der Waals surface area contributed by atoms with Crippen molar-refractivity contribution in [1.82, 2.24) is 15.1 Å². The van der Waals surface area contributed by atoms with E-state index in [2.05, 4.69) is 28.4 Å². The number of carbonyl (C=O) groups excluding carboxylic acids is 2. The summed E-state index contributed by atoms with van der Waals surface area (Å²) in [5, 5.41) is 9.58. The van der Waals surface area contributed by atoms with Crippen LogP contribution in [0.3, 0.4) is 0 Å². The van der Waals surface area contributed by atoms with Crippen molar-refractivity contribution in [2.45, 2.75) is 31.8 Å². The Morgan fingerprint density at radius 1 is 1.44 bits per heavy atom. The predicted octanol–water partition coefficient (Wildman–Crippen LogP) is 0.420. The highest BCUT2D eigenvalue weighted by Crippen LogP contribution is 2.18. The zero-order valence-corrected chi connectivity index (χ0v) is 10.8. The van der Waals surface area contributed by atoms with Crippen molar-refractivity contribution in [2.75, 3.05) is 11.1 Å². The molecule has 0 unspecified atom stereocenters. The predicted molar refractivity (Wildman–Crippen MR) is 70.5 cm³/mol. The largest absolute Gasteiger partial charge is 0.352 e. The molecule has 2 N–H and O–H groups in total. The van der Waals surface area contributed by atoms with Crippen LogP contribution in [0.15, 0.2) is 12.4 Å². The summed E-state index contributed by atoms with van der Waals surface area (Å²) in [6, 6.07) is 0.350. The smallest absolute Gasteiger partial charge is 0.241 e. The first-order valence-electron chi connectivity index (χ1n) is 5.90. The Bertz CT molecular complexity index is 442. The number of amides is 2. The number of thiol groups is 1. The van der Waals surface area contributed by atoms with Crippen LogP contribution in [-0.4, -0.2) is 33.4 Å². The lowest BCUT2D eigenvalue weighted by atomic mass is 10.4. The molecule has 0 atom stereocenters. The zero-order valence-electron chi connectivity index (χ0n) is 9.93. The maximum Gasteiger partial charge on any atom is 0.241 e. The minimum absolute atomic E-state index is 0.0474. The summed E-state index contributed by atoms with van der Waals surface area (Å²) in [6.45, 7) is 0.180. The fourth-order valence-corrected chi connectivity index (χ4v) is 1.69. The van der Waals surface area contributed by atoms with E-state index in [1.54, 1.807) is 6.20 Å². The van der Waals surface area contributed by atoms with Gasteiger partial charge in [-0.15, -0.1) is 0 Å². The Morgan fingerprint density at radius 2 is 2.22 bits per heavy atom. The number of hydrogen-bond donors (Lipinski definition) is 3. The highest BCUT2D eigenvalue weighted by Gasteiger charge is 2.23. The van der Waals surface area contributed by atoms with E-state index < -0.39 is 0 Å². The lowest BCUT2D eigenvalue weighted by Crippen LogP contribution is -2.29. The van der Waals surface area contributed by atoms with Crippen molar-refractivity contribution < 1.29 is 9.59 Å². The second-order valence-electron chi connectivity index (χ2n) is 4.29. The van der Waals surface area contributed by atoms with Crippen LogP contribution in [0, 0.1) is 0 Å². The molecule has 0 bridgehead atoms. The first-order valence-corrected chi connectivity index (χ1v) is 6.53. The summed E-state index contributed by atoms with van der Waals surface area (Å²) in [4.78, 5) is 22.8. The Labute approximate surface area is 111 Å². The van der Waals surface area contributed by atoms with Gasteiger partial charge >= 0.3 is 0 Å². The van der Waals surface area contributed by atoms with Gasteiger partial charge in [-0.05, 0) is 18.6 Å². The van der Waals surface area contributed by atoms with Gasteiger partial charge in [0.2, 0.25) is 11.8 Å². The third-order valence-electron chi connectivity index (χ3n) is 2.50. The minimum Gasteiger partial charge on any atom is -0.352 e. The van der Waals surface area contributed by atoms with E-state index in [0.29, 0.717) is 23.9 Å². The summed E-state index contributed by atoms with van der Waals surface area (Å²) in [6.07, 6.45) is 5.66. The molecule has 18 heavy (non-hydrogen) atoms. The molecule has 2 amide bonds. The van der Waals surface area contributed by atoms with E-state index in [-0.39, 0.29) is 18.4 Å². The molecular formula is C11H16N4O2S. The van der Waals surface area contributed by atoms with Gasteiger partial charge in [-0.25, -0.2) is 0 Å². The van der Waals surface area contributed by atoms with E-state index in [9.17, 15) is 9.59 Å². The molecule has 6 nitrogen and oxygen atoms in total. The van der Waals surface area contributed by atoms with Gasteiger partial charge < -0.3 is 10.6 Å². The van der Waals surface area contributed by atoms with Crippen molar-refractivity contribution in [3.8, 4) is 0 Å². The maximum absolute atomic E-state index is 11.5. The topological polar surface area (TPSA) is 76.0 Å². The van der Waals surface area contributed by atoms with Crippen LogP contribution in [0.1, 0.15) is 19.3 Å². The number of anilines is 1. The average molecular weight is 268 g/mol. The molecule has 1 aliphatic rings. The molecule has 1 fully saturated rings. The Balaban J connectivity index is 1.81. The molecule has 7 heteroatoms. The highest BCUT2D eigenvalue weighted by atomic mass is 32.1. The van der Waals surface area contributed by atoms with Gasteiger partial charge in [-0.3, -0.25) is 14.3 Å². The number of rotatable bonds is 6. The van der Waals surface area contributed by atoms with Crippen molar-refractivity contribution in [3.63, 3.8) is 0 Å². The van der Waals surface area contributed by atoms with Crippen LogP contribution in [0.5, 0.6) is 0 Å². The summed E-state index contributed by atoms with van der Waals surface area (Å²) in [5.74, 6) is 0.352. The monoisotopic (exact) mass is 268 g/mol. The summed E-state index contributed by atoms with van der Waals surface area (Å²) >= 11 is 3.98. The van der Waals surface area contributed by atoms with Crippen LogP contribution in [0.25, 0.3) is 0 Å². The SMILES string of the molecule is O=C(CCS)Nc1cnn(CC(=O)NC2CC2)c1. The minimum atomic E-state index is -0.105. The third-order valence-corrected chi connectivity index (χ3v) is 2.73. The molecule has 1 saturated carbocycles. The van der Waals surface area contributed by atoms with Gasteiger partial charge in [0, 0.05) is 18.7 Å². The van der Waals surface area contributed by atoms with Crippen molar-refractivity contribution in [1.29, 1.82) is 0 Å². The molecule has 1 aromatic heterocycles. The fraction of sp³-hybridized carbons (Fsp3) is 0.545. The quantitative estimate of drug-likeness (QED) is 0.654. The average Bonchev–Trinajstić information content (AvgIpc) is 3.00. The van der Waals surface area contributed by atoms with E-state index in [4.69, 9.17) is 0 Å². The Kier molecular flexibility index (Phi) is 4.24. The van der Waals surface area contributed by atoms with Gasteiger partial charge in [-0.2, -0.15) is 17.7 Å². The van der Waals surface area contributed by atoms with Gasteiger partial charge in [-0.1, -0.05) is 0 Å². The first-order chi connectivity index (χ1) is 8.67. The van der Waals surface area contributed by atoms with Crippen LogP contribution >= 0.6 is 12.6 Å². The highest BCUT2D eigenvalue weighted by molar-refractivity contribution is 7.80. The normalized spacial score (nSPS) is 14.3. The molecule has 0 spiro atoms. The first kappa shape index (κ1) is 12.9. The van der Waals surface area contributed by atoms with E-state index in [1.165, 1.54) is 10.9 Å². The van der Waals surface area contributed by atoms with Crippen LogP contribution in [0.4, 0.5) is 5.69 Å². The molecule has 1 aliphatic carbocycles. The molecule has 0 aliphatic heterocycles. The lowest BCUT2D eigenvalue weighted by molar-refractivity contribution is -0.122. The number of hydrogen-bond acceptors (Lipinski definition) is 4. The van der Waals surface area contributed by atoms with Crippen LogP contribution in [0.2, 0.25) is 0 Å². The molecule has 1 heterocycles. The third kappa shape index (κ3) is 4.06. The van der Waals surface area contributed by atoms with Crippen molar-refractivity contribution >= 4 is 30.1 Å². The summed E-state index contributed by atoms with van der Waals surface area (Å²) < 4.78 is 1.51. The van der Waals surface area contributed by atoms with Crippen molar-refractivity contribution in [3.05, 3.63) is 12.4 Å².